The lowest BCUT2D eigenvalue weighted by molar-refractivity contribution is -0.384. The van der Waals surface area contributed by atoms with Gasteiger partial charge >= 0.3 is 5.63 Å². The monoisotopic (exact) mass is 294 g/mol. The van der Waals surface area contributed by atoms with Crippen molar-refractivity contribution in [1.82, 2.24) is 4.98 Å². The number of aromatic nitrogens is 1. The molecule has 0 aliphatic carbocycles. The molecular weight excluding hydrogens is 284 g/mol. The molecule has 0 saturated carbocycles. The van der Waals surface area contributed by atoms with Gasteiger partial charge in [0.05, 0.1) is 15.8 Å². The summed E-state index contributed by atoms with van der Waals surface area (Å²) in [6.45, 7) is 0. The lowest BCUT2D eigenvalue weighted by atomic mass is 10.2. The lowest BCUT2D eigenvalue weighted by Gasteiger charge is -1.97. The molecule has 3 rings (SSSR count). The molecule has 0 N–H and O–H groups in total. The summed E-state index contributed by atoms with van der Waals surface area (Å²) in [5.74, 6) is 0.182. The lowest BCUT2D eigenvalue weighted by Crippen LogP contribution is -2.02. The molecule has 0 aliphatic heterocycles. The minimum Gasteiger partial charge on any atom is -0.404 e. The van der Waals surface area contributed by atoms with Gasteiger partial charge < -0.3 is 4.42 Å². The van der Waals surface area contributed by atoms with E-state index in [-0.39, 0.29) is 11.6 Å². The van der Waals surface area contributed by atoms with Gasteiger partial charge in [-0.1, -0.05) is 12.1 Å². The van der Waals surface area contributed by atoms with Crippen molar-refractivity contribution in [3.63, 3.8) is 0 Å². The summed E-state index contributed by atoms with van der Waals surface area (Å²) in [5.41, 5.74) is 0.867. The predicted octanol–water partition coefficient (Wildman–Crippen LogP) is 3.27. The zero-order valence-electron chi connectivity index (χ0n) is 11.3. The van der Waals surface area contributed by atoms with Crippen molar-refractivity contribution in [2.45, 2.75) is 0 Å². The fraction of sp³-hybridized carbons (Fsp3) is 0. The molecule has 1 heterocycles. The Labute approximate surface area is 124 Å². The van der Waals surface area contributed by atoms with Gasteiger partial charge in [0.1, 0.15) is 0 Å². The Morgan fingerprint density at radius 1 is 1.05 bits per heavy atom. The Morgan fingerprint density at radius 2 is 1.77 bits per heavy atom. The molecule has 3 aromatic rings. The number of non-ortho nitro benzene ring substituents is 1. The molecule has 6 nitrogen and oxygen atoms in total. The van der Waals surface area contributed by atoms with Crippen molar-refractivity contribution in [3.8, 4) is 0 Å². The first-order valence-electron chi connectivity index (χ1n) is 6.46. The van der Waals surface area contributed by atoms with Gasteiger partial charge in [0.25, 0.3) is 5.69 Å². The van der Waals surface area contributed by atoms with Crippen LogP contribution in [0.5, 0.6) is 0 Å². The second-order valence-electron chi connectivity index (χ2n) is 4.54. The third-order valence-corrected chi connectivity index (χ3v) is 3.07. The maximum atomic E-state index is 11.8. The quantitative estimate of drug-likeness (QED) is 0.546. The van der Waals surface area contributed by atoms with Crippen LogP contribution in [0, 0.1) is 10.1 Å². The van der Waals surface area contributed by atoms with Gasteiger partial charge in [-0.25, -0.2) is 9.78 Å². The highest BCUT2D eigenvalue weighted by molar-refractivity contribution is 5.78. The topological polar surface area (TPSA) is 86.2 Å². The molecule has 0 unspecified atom stereocenters. The molecule has 0 radical (unpaired) electrons. The molecule has 0 fully saturated rings. The Bertz CT molecular complexity index is 927. The first-order valence-corrected chi connectivity index (χ1v) is 6.46. The number of nitro benzene ring substituents is 1. The molecular formula is C16H10N2O4. The summed E-state index contributed by atoms with van der Waals surface area (Å²) in [6, 6.07) is 12.9. The van der Waals surface area contributed by atoms with Crippen molar-refractivity contribution in [2.24, 2.45) is 0 Å². The van der Waals surface area contributed by atoms with E-state index < -0.39 is 10.5 Å². The number of hydrogen-bond acceptors (Lipinski definition) is 5. The zero-order chi connectivity index (χ0) is 15.5. The molecule has 0 atom stereocenters. The molecule has 1 aromatic heterocycles. The van der Waals surface area contributed by atoms with Gasteiger partial charge in [-0.2, -0.15) is 0 Å². The minimum atomic E-state index is -0.461. The number of para-hydroxylation sites is 1. The Morgan fingerprint density at radius 3 is 2.50 bits per heavy atom. The minimum absolute atomic E-state index is 0.0208. The average molecular weight is 294 g/mol. The van der Waals surface area contributed by atoms with Gasteiger partial charge in [0, 0.05) is 18.2 Å². The molecule has 108 valence electrons. The summed E-state index contributed by atoms with van der Waals surface area (Å²) in [7, 11) is 0. The fourth-order valence-corrected chi connectivity index (χ4v) is 1.98. The van der Waals surface area contributed by atoms with Crippen molar-refractivity contribution in [3.05, 3.63) is 80.5 Å². The van der Waals surface area contributed by atoms with Gasteiger partial charge in [-0.05, 0) is 35.9 Å². The molecule has 0 spiro atoms. The summed E-state index contributed by atoms with van der Waals surface area (Å²) in [6.07, 6.45) is 3.22. The highest BCUT2D eigenvalue weighted by Crippen LogP contribution is 2.14. The smallest absolute Gasteiger partial charge is 0.347 e. The molecule has 22 heavy (non-hydrogen) atoms. The molecule has 2 aromatic carbocycles. The highest BCUT2D eigenvalue weighted by Gasteiger charge is 2.04. The summed E-state index contributed by atoms with van der Waals surface area (Å²) < 4.78 is 5.11. The van der Waals surface area contributed by atoms with Crippen LogP contribution in [0.4, 0.5) is 5.69 Å². The van der Waals surface area contributed by atoms with E-state index in [4.69, 9.17) is 4.42 Å². The van der Waals surface area contributed by atoms with Gasteiger partial charge in [0.15, 0.2) is 0 Å². The van der Waals surface area contributed by atoms with Crippen LogP contribution in [-0.4, -0.2) is 9.91 Å². The summed E-state index contributed by atoms with van der Waals surface area (Å²) in [5, 5.41) is 11.0. The second-order valence-corrected chi connectivity index (χ2v) is 4.54. The number of nitrogens with zero attached hydrogens (tertiary/aromatic N) is 2. The van der Waals surface area contributed by atoms with Crippen LogP contribution in [0.15, 0.2) is 57.7 Å². The molecule has 0 amide bonds. The van der Waals surface area contributed by atoms with Crippen LogP contribution in [-0.2, 0) is 0 Å². The number of hydrogen-bond donors (Lipinski definition) is 0. The Balaban J connectivity index is 1.92. The third kappa shape index (κ3) is 2.76. The third-order valence-electron chi connectivity index (χ3n) is 3.07. The van der Waals surface area contributed by atoms with Gasteiger partial charge in [-0.15, -0.1) is 0 Å². The standard InChI is InChI=1S/C16H10N2O4/c19-16-13-3-1-2-4-14(13)17-15(22-16)10-7-11-5-8-12(9-6-11)18(20)21/h1-10H/b10-7+. The van der Waals surface area contributed by atoms with Crippen molar-refractivity contribution < 1.29 is 9.34 Å². The van der Waals surface area contributed by atoms with Crippen molar-refractivity contribution in [1.29, 1.82) is 0 Å². The second kappa shape index (κ2) is 5.61. The maximum absolute atomic E-state index is 11.8. The Kier molecular flexibility index (Phi) is 3.49. The largest absolute Gasteiger partial charge is 0.404 e. The van der Waals surface area contributed by atoms with Crippen LogP contribution in [0.3, 0.4) is 0 Å². The number of benzene rings is 2. The SMILES string of the molecule is O=c1oc(/C=C/c2ccc([N+](=O)[O-])cc2)nc2ccccc12. The van der Waals surface area contributed by atoms with E-state index in [1.165, 1.54) is 12.1 Å². The highest BCUT2D eigenvalue weighted by atomic mass is 16.6. The van der Waals surface area contributed by atoms with E-state index in [2.05, 4.69) is 4.98 Å². The zero-order valence-corrected chi connectivity index (χ0v) is 11.3. The van der Waals surface area contributed by atoms with E-state index in [0.717, 1.165) is 5.56 Å². The van der Waals surface area contributed by atoms with E-state index in [0.29, 0.717) is 10.9 Å². The summed E-state index contributed by atoms with van der Waals surface area (Å²) in [4.78, 5) is 26.2. The molecule has 0 aliphatic rings. The van der Waals surface area contributed by atoms with Crippen LogP contribution in [0.2, 0.25) is 0 Å². The maximum Gasteiger partial charge on any atom is 0.347 e. The van der Waals surface area contributed by atoms with Crippen LogP contribution < -0.4 is 5.63 Å². The number of nitro groups is 1. The van der Waals surface area contributed by atoms with Crippen LogP contribution >= 0.6 is 0 Å². The fourth-order valence-electron chi connectivity index (χ4n) is 1.98. The molecule has 6 heteroatoms. The van der Waals surface area contributed by atoms with E-state index in [1.54, 1.807) is 48.6 Å². The summed E-state index contributed by atoms with van der Waals surface area (Å²) >= 11 is 0. The Hall–Kier alpha value is -3.28. The van der Waals surface area contributed by atoms with E-state index >= 15 is 0 Å². The normalized spacial score (nSPS) is 11.1. The number of rotatable bonds is 3. The molecule has 0 bridgehead atoms. The first-order chi connectivity index (χ1) is 10.6. The molecule has 0 saturated heterocycles. The predicted molar refractivity (Wildman–Crippen MR) is 82.3 cm³/mol. The van der Waals surface area contributed by atoms with Crippen molar-refractivity contribution in [2.75, 3.05) is 0 Å². The van der Waals surface area contributed by atoms with Crippen molar-refractivity contribution >= 4 is 28.7 Å². The van der Waals surface area contributed by atoms with E-state index in [1.807, 2.05) is 0 Å². The van der Waals surface area contributed by atoms with Gasteiger partial charge in [-0.3, -0.25) is 10.1 Å². The van der Waals surface area contributed by atoms with Crippen LogP contribution in [0.1, 0.15) is 11.5 Å². The first kappa shape index (κ1) is 13.7. The number of fused-ring (bicyclic) bond motifs is 1. The van der Waals surface area contributed by atoms with E-state index in [9.17, 15) is 14.9 Å². The van der Waals surface area contributed by atoms with Crippen LogP contribution in [0.25, 0.3) is 23.1 Å². The van der Waals surface area contributed by atoms with Gasteiger partial charge in [0.2, 0.25) is 5.89 Å². The average Bonchev–Trinajstić information content (AvgIpc) is 2.53.